The van der Waals surface area contributed by atoms with E-state index in [9.17, 15) is 4.79 Å². The van der Waals surface area contributed by atoms with Gasteiger partial charge >= 0.3 is 6.16 Å². The van der Waals surface area contributed by atoms with Gasteiger partial charge in [0.05, 0.1) is 28.0 Å². The van der Waals surface area contributed by atoms with Gasteiger partial charge in [-0.1, -0.05) is 18.3 Å². The molecule has 0 aliphatic rings. The molecule has 0 bridgehead atoms. The highest BCUT2D eigenvalue weighted by Gasteiger charge is 2.20. The van der Waals surface area contributed by atoms with Crippen molar-refractivity contribution in [2.24, 2.45) is 0 Å². The van der Waals surface area contributed by atoms with Crippen molar-refractivity contribution in [3.05, 3.63) is 23.9 Å². The van der Waals surface area contributed by atoms with Crippen LogP contribution in [0.4, 0.5) is 9.93 Å². The van der Waals surface area contributed by atoms with Crippen LogP contribution in [0, 0.1) is 0 Å². The average Bonchev–Trinajstić information content (AvgIpc) is 3.21. The Morgan fingerprint density at radius 3 is 2.81 bits per heavy atom. The van der Waals surface area contributed by atoms with Crippen LogP contribution in [0.5, 0.6) is 5.88 Å². The van der Waals surface area contributed by atoms with Gasteiger partial charge in [0.25, 0.3) is 0 Å². The Kier molecular flexibility index (Phi) is 4.35. The number of fused-ring (bicyclic) bond motifs is 5. The largest absolute Gasteiger partial charge is 0.515 e. The standard InChI is InChI=1S/C19H20N4O3S/c1-5-10-14-12(8-21-17(10)26-19(24)25-9(2)3)22-11-6-7-13-16(15(11)14)23-18(20-4)27-13/h6-9,22H,5H2,1-4H3,(H,20,23). The van der Waals surface area contributed by atoms with Crippen LogP contribution in [-0.4, -0.2) is 34.3 Å². The molecular weight excluding hydrogens is 364 g/mol. The molecule has 0 fully saturated rings. The van der Waals surface area contributed by atoms with Crippen molar-refractivity contribution in [1.29, 1.82) is 0 Å². The van der Waals surface area contributed by atoms with Crippen molar-refractivity contribution in [1.82, 2.24) is 15.0 Å². The number of anilines is 1. The first kappa shape index (κ1) is 17.5. The fourth-order valence-corrected chi connectivity index (χ4v) is 4.06. The molecule has 27 heavy (non-hydrogen) atoms. The Morgan fingerprint density at radius 2 is 2.11 bits per heavy atom. The number of thiazole rings is 1. The van der Waals surface area contributed by atoms with Crippen LogP contribution in [0.15, 0.2) is 18.3 Å². The number of carbonyl (C=O) groups is 1. The Bertz CT molecular complexity index is 1160. The van der Waals surface area contributed by atoms with Gasteiger partial charge in [-0.3, -0.25) is 0 Å². The zero-order chi connectivity index (χ0) is 19.1. The van der Waals surface area contributed by atoms with E-state index < -0.39 is 6.16 Å². The lowest BCUT2D eigenvalue weighted by Crippen LogP contribution is -2.17. The molecule has 4 rings (SSSR count). The van der Waals surface area contributed by atoms with Crippen molar-refractivity contribution >= 4 is 54.6 Å². The monoisotopic (exact) mass is 384 g/mol. The Labute approximate surface area is 159 Å². The molecule has 140 valence electrons. The molecule has 4 aromatic rings. The summed E-state index contributed by atoms with van der Waals surface area (Å²) in [4.78, 5) is 24.4. The highest BCUT2D eigenvalue weighted by molar-refractivity contribution is 7.22. The van der Waals surface area contributed by atoms with Gasteiger partial charge in [0.2, 0.25) is 5.88 Å². The predicted octanol–water partition coefficient (Wildman–Crippen LogP) is 4.85. The lowest BCUT2D eigenvalue weighted by atomic mass is 10.1. The number of benzene rings is 1. The van der Waals surface area contributed by atoms with Gasteiger partial charge < -0.3 is 19.8 Å². The summed E-state index contributed by atoms with van der Waals surface area (Å²) in [6.45, 7) is 5.56. The topological polar surface area (TPSA) is 89.1 Å². The Hall–Kier alpha value is -2.87. The minimum Gasteiger partial charge on any atom is -0.431 e. The van der Waals surface area contributed by atoms with Crippen molar-refractivity contribution in [2.75, 3.05) is 12.4 Å². The summed E-state index contributed by atoms with van der Waals surface area (Å²) in [5.74, 6) is 0.276. The Balaban J connectivity index is 1.96. The number of aromatic amines is 1. The van der Waals surface area contributed by atoms with Crippen molar-refractivity contribution < 1.29 is 14.3 Å². The minimum absolute atomic E-state index is 0.256. The van der Waals surface area contributed by atoms with Crippen LogP contribution >= 0.6 is 11.3 Å². The SMILES string of the molecule is CCc1c(OC(=O)OC(C)C)ncc2[nH]c3ccc4sc(NC)nc4c3c12. The lowest BCUT2D eigenvalue weighted by Gasteiger charge is -2.11. The number of nitrogens with zero attached hydrogens (tertiary/aromatic N) is 2. The number of aryl methyl sites for hydroxylation is 1. The molecule has 0 atom stereocenters. The van der Waals surface area contributed by atoms with Gasteiger partial charge in [-0.15, -0.1) is 0 Å². The molecule has 0 unspecified atom stereocenters. The molecule has 7 nitrogen and oxygen atoms in total. The maximum absolute atomic E-state index is 12.0. The Morgan fingerprint density at radius 1 is 1.30 bits per heavy atom. The van der Waals surface area contributed by atoms with E-state index in [2.05, 4.69) is 21.4 Å². The summed E-state index contributed by atoms with van der Waals surface area (Å²) in [5, 5.41) is 5.96. The number of hydrogen-bond acceptors (Lipinski definition) is 7. The summed E-state index contributed by atoms with van der Waals surface area (Å²) in [6.07, 6.45) is 1.33. The summed E-state index contributed by atoms with van der Waals surface area (Å²) in [7, 11) is 1.86. The summed E-state index contributed by atoms with van der Waals surface area (Å²) in [6, 6.07) is 4.10. The van der Waals surface area contributed by atoms with Crippen molar-refractivity contribution in [3.8, 4) is 5.88 Å². The van der Waals surface area contributed by atoms with Gasteiger partial charge in [0, 0.05) is 28.9 Å². The first-order valence-corrected chi connectivity index (χ1v) is 9.62. The highest BCUT2D eigenvalue weighted by Crippen LogP contribution is 2.39. The maximum Gasteiger partial charge on any atom is 0.515 e. The van der Waals surface area contributed by atoms with E-state index in [0.29, 0.717) is 6.42 Å². The predicted molar refractivity (Wildman–Crippen MR) is 108 cm³/mol. The van der Waals surface area contributed by atoms with E-state index in [-0.39, 0.29) is 12.0 Å². The van der Waals surface area contributed by atoms with Gasteiger partial charge in [-0.05, 0) is 32.4 Å². The number of H-pyrrole nitrogens is 1. The lowest BCUT2D eigenvalue weighted by molar-refractivity contribution is 0.0713. The quantitative estimate of drug-likeness (QED) is 0.489. The van der Waals surface area contributed by atoms with Crippen LogP contribution in [0.1, 0.15) is 26.3 Å². The van der Waals surface area contributed by atoms with Crippen LogP contribution in [-0.2, 0) is 11.2 Å². The van der Waals surface area contributed by atoms with Crippen LogP contribution in [0.2, 0.25) is 0 Å². The van der Waals surface area contributed by atoms with Gasteiger partial charge in [-0.25, -0.2) is 14.8 Å². The molecule has 0 radical (unpaired) electrons. The number of hydrogen-bond donors (Lipinski definition) is 2. The summed E-state index contributed by atoms with van der Waals surface area (Å²) >= 11 is 1.60. The zero-order valence-electron chi connectivity index (χ0n) is 15.5. The number of carbonyl (C=O) groups excluding carboxylic acids is 1. The average molecular weight is 384 g/mol. The molecule has 0 aliphatic heterocycles. The van der Waals surface area contributed by atoms with Crippen molar-refractivity contribution in [2.45, 2.75) is 33.3 Å². The fraction of sp³-hybridized carbons (Fsp3) is 0.316. The molecule has 1 aromatic carbocycles. The second-order valence-corrected chi connectivity index (χ2v) is 7.46. The van der Waals surface area contributed by atoms with E-state index in [1.165, 1.54) is 0 Å². The molecule has 0 spiro atoms. The first-order valence-electron chi connectivity index (χ1n) is 8.80. The van der Waals surface area contributed by atoms with Gasteiger partial charge in [-0.2, -0.15) is 0 Å². The number of ether oxygens (including phenoxy) is 2. The maximum atomic E-state index is 12.0. The molecule has 2 N–H and O–H groups in total. The van der Waals surface area contributed by atoms with E-state index >= 15 is 0 Å². The summed E-state index contributed by atoms with van der Waals surface area (Å²) in [5.41, 5.74) is 3.64. The van der Waals surface area contributed by atoms with Gasteiger partial charge in [0.15, 0.2) is 5.13 Å². The number of rotatable bonds is 4. The second-order valence-electron chi connectivity index (χ2n) is 6.43. The van der Waals surface area contributed by atoms with E-state index in [4.69, 9.17) is 14.5 Å². The molecule has 0 amide bonds. The van der Waals surface area contributed by atoms with Crippen LogP contribution < -0.4 is 10.1 Å². The molecular formula is C19H20N4O3S. The zero-order valence-corrected chi connectivity index (χ0v) is 16.4. The molecule has 8 heteroatoms. The van der Waals surface area contributed by atoms with Crippen molar-refractivity contribution in [3.63, 3.8) is 0 Å². The third kappa shape index (κ3) is 2.95. The minimum atomic E-state index is -0.748. The van der Waals surface area contributed by atoms with E-state index in [1.54, 1.807) is 31.4 Å². The highest BCUT2D eigenvalue weighted by atomic mass is 32.1. The third-order valence-electron chi connectivity index (χ3n) is 4.30. The molecule has 3 heterocycles. The number of pyridine rings is 1. The smallest absolute Gasteiger partial charge is 0.431 e. The third-order valence-corrected chi connectivity index (χ3v) is 5.34. The normalized spacial score (nSPS) is 11.6. The molecule has 0 saturated heterocycles. The van der Waals surface area contributed by atoms with Crippen LogP contribution in [0.3, 0.4) is 0 Å². The number of aromatic nitrogens is 3. The molecule has 0 aliphatic carbocycles. The molecule has 0 saturated carbocycles. The number of nitrogens with one attached hydrogen (secondary N) is 2. The van der Waals surface area contributed by atoms with Crippen LogP contribution in [0.25, 0.3) is 32.0 Å². The van der Waals surface area contributed by atoms with E-state index in [1.807, 2.05) is 20.0 Å². The first-order chi connectivity index (χ1) is 13.0. The van der Waals surface area contributed by atoms with Gasteiger partial charge in [0.1, 0.15) is 0 Å². The van der Waals surface area contributed by atoms with E-state index in [0.717, 1.165) is 42.7 Å². The second kappa shape index (κ2) is 6.70. The fourth-order valence-electron chi connectivity index (χ4n) is 3.23. The molecule has 3 aromatic heterocycles. The summed E-state index contributed by atoms with van der Waals surface area (Å²) < 4.78 is 11.6.